The van der Waals surface area contributed by atoms with E-state index in [1.54, 1.807) is 19.6 Å². The first-order valence-electron chi connectivity index (χ1n) is 8.82. The highest BCUT2D eigenvalue weighted by molar-refractivity contribution is 9.10. The van der Waals surface area contributed by atoms with Crippen LogP contribution in [0.5, 0.6) is 11.5 Å². The van der Waals surface area contributed by atoms with E-state index in [0.29, 0.717) is 17.2 Å². The SMILES string of the molecule is COc1cccc(-c2nc(C(=O)NC3(c4ccc(Br)cc4)CC3)cs2)c1OC. The minimum atomic E-state index is -0.283. The predicted molar refractivity (Wildman–Crippen MR) is 113 cm³/mol. The molecule has 144 valence electrons. The van der Waals surface area contributed by atoms with Crippen LogP contribution < -0.4 is 14.8 Å². The van der Waals surface area contributed by atoms with E-state index in [1.807, 2.05) is 42.5 Å². The van der Waals surface area contributed by atoms with Crippen molar-refractivity contribution >= 4 is 33.2 Å². The summed E-state index contributed by atoms with van der Waals surface area (Å²) < 4.78 is 11.9. The molecule has 2 aromatic carbocycles. The maximum absolute atomic E-state index is 12.8. The van der Waals surface area contributed by atoms with Gasteiger partial charge in [-0.1, -0.05) is 34.1 Å². The van der Waals surface area contributed by atoms with Crippen molar-refractivity contribution in [1.82, 2.24) is 10.3 Å². The lowest BCUT2D eigenvalue weighted by Crippen LogP contribution is -2.35. The molecule has 0 saturated heterocycles. The first kappa shape index (κ1) is 19.0. The molecule has 0 spiro atoms. The fourth-order valence-corrected chi connectivity index (χ4v) is 4.30. The van der Waals surface area contributed by atoms with Crippen LogP contribution in [0.4, 0.5) is 0 Å². The van der Waals surface area contributed by atoms with E-state index in [4.69, 9.17) is 9.47 Å². The van der Waals surface area contributed by atoms with Crippen LogP contribution in [0.15, 0.2) is 52.3 Å². The molecule has 0 bridgehead atoms. The molecule has 4 rings (SSSR count). The van der Waals surface area contributed by atoms with Crippen molar-refractivity contribution in [2.75, 3.05) is 14.2 Å². The molecule has 1 aromatic heterocycles. The van der Waals surface area contributed by atoms with E-state index < -0.39 is 0 Å². The van der Waals surface area contributed by atoms with Gasteiger partial charge in [-0.2, -0.15) is 0 Å². The minimum Gasteiger partial charge on any atom is -0.493 e. The van der Waals surface area contributed by atoms with E-state index in [0.717, 1.165) is 33.4 Å². The average molecular weight is 459 g/mol. The molecule has 3 aromatic rings. The van der Waals surface area contributed by atoms with E-state index in [2.05, 4.69) is 26.2 Å². The van der Waals surface area contributed by atoms with Gasteiger partial charge in [0.2, 0.25) is 0 Å². The first-order valence-corrected chi connectivity index (χ1v) is 10.5. The monoisotopic (exact) mass is 458 g/mol. The zero-order valence-corrected chi connectivity index (χ0v) is 17.9. The third-order valence-electron chi connectivity index (χ3n) is 4.87. The van der Waals surface area contributed by atoms with Crippen LogP contribution in [-0.4, -0.2) is 25.1 Å². The lowest BCUT2D eigenvalue weighted by atomic mass is 10.1. The molecule has 1 fully saturated rings. The highest BCUT2D eigenvalue weighted by Gasteiger charge is 2.46. The molecule has 0 radical (unpaired) electrons. The molecule has 28 heavy (non-hydrogen) atoms. The van der Waals surface area contributed by atoms with Crippen LogP contribution in [0.1, 0.15) is 28.9 Å². The molecular weight excluding hydrogens is 440 g/mol. The summed E-state index contributed by atoms with van der Waals surface area (Å²) in [5.74, 6) is 1.08. The number of methoxy groups -OCH3 is 2. The lowest BCUT2D eigenvalue weighted by molar-refractivity contribution is 0.0926. The number of para-hydroxylation sites is 1. The standard InChI is InChI=1S/C21H19BrN2O3S/c1-26-17-5-3-4-15(18(17)27-2)20-23-16(12-28-20)19(25)24-21(10-11-21)13-6-8-14(22)9-7-13/h3-9,12H,10-11H2,1-2H3,(H,24,25). The Labute approximate surface area is 175 Å². The number of hydrogen-bond donors (Lipinski definition) is 1. The molecule has 0 aliphatic heterocycles. The molecule has 5 nitrogen and oxygen atoms in total. The van der Waals surface area contributed by atoms with Crippen LogP contribution in [-0.2, 0) is 5.54 Å². The number of carbonyl (C=O) groups excluding carboxylic acids is 1. The smallest absolute Gasteiger partial charge is 0.271 e. The second kappa shape index (κ2) is 7.56. The maximum atomic E-state index is 12.8. The molecule has 1 aliphatic carbocycles. The Morgan fingerprint density at radius 3 is 2.54 bits per heavy atom. The summed E-state index contributed by atoms with van der Waals surface area (Å²) in [5, 5.41) is 5.67. The van der Waals surface area contributed by atoms with Gasteiger partial charge in [0.05, 0.1) is 25.3 Å². The molecule has 0 unspecified atom stereocenters. The van der Waals surface area contributed by atoms with Gasteiger partial charge in [-0.05, 0) is 42.7 Å². The topological polar surface area (TPSA) is 60.5 Å². The van der Waals surface area contributed by atoms with Gasteiger partial charge >= 0.3 is 0 Å². The number of amides is 1. The van der Waals surface area contributed by atoms with Crippen molar-refractivity contribution in [3.8, 4) is 22.1 Å². The summed E-state index contributed by atoms with van der Waals surface area (Å²) in [7, 11) is 3.19. The lowest BCUT2D eigenvalue weighted by Gasteiger charge is -2.17. The van der Waals surface area contributed by atoms with Crippen molar-refractivity contribution in [3.63, 3.8) is 0 Å². The zero-order chi connectivity index (χ0) is 19.7. The summed E-state index contributed by atoms with van der Waals surface area (Å²) in [6.07, 6.45) is 1.86. The van der Waals surface area contributed by atoms with Crippen LogP contribution in [0.3, 0.4) is 0 Å². The predicted octanol–water partition coefficient (Wildman–Crippen LogP) is 5.01. The number of nitrogens with zero attached hydrogens (tertiary/aromatic N) is 1. The highest BCUT2D eigenvalue weighted by atomic mass is 79.9. The fraction of sp³-hybridized carbons (Fsp3) is 0.238. The van der Waals surface area contributed by atoms with Gasteiger partial charge < -0.3 is 14.8 Å². The number of nitrogens with one attached hydrogen (secondary N) is 1. The number of benzene rings is 2. The first-order chi connectivity index (χ1) is 13.6. The number of halogens is 1. The van der Waals surface area contributed by atoms with Crippen molar-refractivity contribution in [2.45, 2.75) is 18.4 Å². The largest absolute Gasteiger partial charge is 0.493 e. The number of hydrogen-bond acceptors (Lipinski definition) is 5. The van der Waals surface area contributed by atoms with Gasteiger partial charge in [0.1, 0.15) is 10.7 Å². The normalized spacial score (nSPS) is 14.4. The number of rotatable bonds is 6. The Kier molecular flexibility index (Phi) is 5.12. The summed E-state index contributed by atoms with van der Waals surface area (Å²) in [5.41, 5.74) is 2.05. The van der Waals surface area contributed by atoms with Crippen molar-refractivity contribution in [1.29, 1.82) is 0 Å². The molecule has 1 heterocycles. The summed E-state index contributed by atoms with van der Waals surface area (Å²) in [6, 6.07) is 13.7. The van der Waals surface area contributed by atoms with Gasteiger partial charge in [-0.15, -0.1) is 11.3 Å². The molecule has 1 aliphatic rings. The number of carbonyl (C=O) groups is 1. The Balaban J connectivity index is 1.57. The van der Waals surface area contributed by atoms with E-state index in [-0.39, 0.29) is 11.4 Å². The molecule has 7 heteroatoms. The van der Waals surface area contributed by atoms with Gasteiger partial charge in [0, 0.05) is 9.85 Å². The number of ether oxygens (including phenoxy) is 2. The Hall–Kier alpha value is -2.38. The van der Waals surface area contributed by atoms with Crippen molar-refractivity contribution in [2.24, 2.45) is 0 Å². The summed E-state index contributed by atoms with van der Waals surface area (Å²) >= 11 is 4.86. The summed E-state index contributed by atoms with van der Waals surface area (Å²) in [4.78, 5) is 17.4. The number of aromatic nitrogens is 1. The highest BCUT2D eigenvalue weighted by Crippen LogP contribution is 2.46. The molecular formula is C21H19BrN2O3S. The van der Waals surface area contributed by atoms with Crippen LogP contribution in [0.25, 0.3) is 10.6 Å². The van der Waals surface area contributed by atoms with Crippen LogP contribution in [0, 0.1) is 0 Å². The minimum absolute atomic E-state index is 0.162. The quantitative estimate of drug-likeness (QED) is 0.563. The van der Waals surface area contributed by atoms with Crippen LogP contribution in [0.2, 0.25) is 0 Å². The molecule has 0 atom stereocenters. The van der Waals surface area contributed by atoms with E-state index >= 15 is 0 Å². The van der Waals surface area contributed by atoms with Crippen molar-refractivity contribution in [3.05, 3.63) is 63.6 Å². The molecule has 1 N–H and O–H groups in total. The third kappa shape index (κ3) is 3.52. The molecule has 1 amide bonds. The Morgan fingerprint density at radius 1 is 1.14 bits per heavy atom. The fourth-order valence-electron chi connectivity index (χ4n) is 3.22. The Bertz CT molecular complexity index is 1010. The van der Waals surface area contributed by atoms with Gasteiger partial charge in [0.15, 0.2) is 11.5 Å². The Morgan fingerprint density at radius 2 is 1.89 bits per heavy atom. The van der Waals surface area contributed by atoms with E-state index in [1.165, 1.54) is 11.3 Å². The van der Waals surface area contributed by atoms with Gasteiger partial charge in [0.25, 0.3) is 5.91 Å². The maximum Gasteiger partial charge on any atom is 0.271 e. The zero-order valence-electron chi connectivity index (χ0n) is 15.5. The van der Waals surface area contributed by atoms with Gasteiger partial charge in [-0.25, -0.2) is 4.98 Å². The second-order valence-corrected chi connectivity index (χ2v) is 8.40. The van der Waals surface area contributed by atoms with Crippen LogP contribution >= 0.6 is 27.3 Å². The second-order valence-electron chi connectivity index (χ2n) is 6.62. The van der Waals surface area contributed by atoms with Crippen molar-refractivity contribution < 1.29 is 14.3 Å². The average Bonchev–Trinajstić information content (AvgIpc) is 3.32. The third-order valence-corrected chi connectivity index (χ3v) is 6.27. The molecule has 1 saturated carbocycles. The van der Waals surface area contributed by atoms with E-state index in [9.17, 15) is 4.79 Å². The van der Waals surface area contributed by atoms with Gasteiger partial charge in [-0.3, -0.25) is 4.79 Å². The summed E-state index contributed by atoms with van der Waals surface area (Å²) in [6.45, 7) is 0. The number of thiazole rings is 1.